The van der Waals surface area contributed by atoms with Gasteiger partial charge in [-0.3, -0.25) is 0 Å². The fourth-order valence-electron chi connectivity index (χ4n) is 4.35. The molecule has 4 aromatic carbocycles. The van der Waals surface area contributed by atoms with Gasteiger partial charge in [0.2, 0.25) is 5.88 Å². The van der Waals surface area contributed by atoms with Crippen LogP contribution < -0.4 is 4.74 Å². The van der Waals surface area contributed by atoms with E-state index in [0.717, 1.165) is 38.9 Å². The Labute approximate surface area is 209 Å². The minimum absolute atomic E-state index is 0.193. The standard InChI is InChI=1S/C32H22N2O2/c35-30-16-7-6-15-28(30)31-26(22-9-2-1-3-10-22)17-18-29(34-31)24-12-8-13-25(21-24)36-32-27-14-5-4-11-23(27)19-20-33-32/h1-21,35H. The summed E-state index contributed by atoms with van der Waals surface area (Å²) in [5.74, 6) is 1.43. The fraction of sp³-hybridized carbons (Fsp3) is 0. The molecule has 4 heteroatoms. The van der Waals surface area contributed by atoms with Crippen LogP contribution in [-0.2, 0) is 0 Å². The van der Waals surface area contributed by atoms with E-state index in [-0.39, 0.29) is 5.75 Å². The van der Waals surface area contributed by atoms with Gasteiger partial charge < -0.3 is 9.84 Å². The molecule has 0 radical (unpaired) electrons. The number of aromatic nitrogens is 2. The molecule has 1 N–H and O–H groups in total. The lowest BCUT2D eigenvalue weighted by Gasteiger charge is -2.14. The van der Waals surface area contributed by atoms with Crippen molar-refractivity contribution in [2.75, 3.05) is 0 Å². The fourth-order valence-corrected chi connectivity index (χ4v) is 4.35. The number of hydrogen-bond acceptors (Lipinski definition) is 4. The Kier molecular flexibility index (Phi) is 5.60. The van der Waals surface area contributed by atoms with Gasteiger partial charge in [-0.15, -0.1) is 0 Å². The van der Waals surface area contributed by atoms with E-state index in [1.165, 1.54) is 0 Å². The molecule has 2 aromatic heterocycles. The third-order valence-corrected chi connectivity index (χ3v) is 6.12. The minimum Gasteiger partial charge on any atom is -0.507 e. The van der Waals surface area contributed by atoms with Gasteiger partial charge in [0.25, 0.3) is 0 Å². The summed E-state index contributed by atoms with van der Waals surface area (Å²) in [5.41, 5.74) is 5.08. The van der Waals surface area contributed by atoms with Gasteiger partial charge in [0.05, 0.1) is 11.4 Å². The van der Waals surface area contributed by atoms with E-state index in [0.29, 0.717) is 17.2 Å². The van der Waals surface area contributed by atoms with Gasteiger partial charge in [-0.05, 0) is 53.4 Å². The lowest BCUT2D eigenvalue weighted by atomic mass is 9.97. The number of para-hydroxylation sites is 1. The van der Waals surface area contributed by atoms with Crippen molar-refractivity contribution in [2.24, 2.45) is 0 Å². The molecule has 36 heavy (non-hydrogen) atoms. The number of aromatic hydroxyl groups is 1. The molecule has 2 heterocycles. The molecule has 0 aliphatic rings. The summed E-state index contributed by atoms with van der Waals surface area (Å²) in [6, 6.07) is 39.2. The van der Waals surface area contributed by atoms with E-state index < -0.39 is 0 Å². The van der Waals surface area contributed by atoms with E-state index in [4.69, 9.17) is 9.72 Å². The highest BCUT2D eigenvalue weighted by atomic mass is 16.5. The lowest BCUT2D eigenvalue weighted by molar-refractivity contribution is 0.469. The van der Waals surface area contributed by atoms with Crippen LogP contribution in [0.3, 0.4) is 0 Å². The maximum atomic E-state index is 10.6. The lowest BCUT2D eigenvalue weighted by Crippen LogP contribution is -1.94. The zero-order valence-corrected chi connectivity index (χ0v) is 19.4. The second kappa shape index (κ2) is 9.35. The molecular weight excluding hydrogens is 444 g/mol. The summed E-state index contributed by atoms with van der Waals surface area (Å²) in [6.45, 7) is 0. The Morgan fingerprint density at radius 2 is 1.39 bits per heavy atom. The molecule has 172 valence electrons. The Morgan fingerprint density at radius 1 is 0.611 bits per heavy atom. The van der Waals surface area contributed by atoms with Crippen LogP contribution in [0.4, 0.5) is 0 Å². The third kappa shape index (κ3) is 4.17. The Bertz CT molecular complexity index is 1670. The van der Waals surface area contributed by atoms with Crippen molar-refractivity contribution in [3.05, 3.63) is 128 Å². The van der Waals surface area contributed by atoms with Crippen molar-refractivity contribution < 1.29 is 9.84 Å². The molecule has 6 rings (SSSR count). The van der Waals surface area contributed by atoms with Gasteiger partial charge in [0.1, 0.15) is 11.5 Å². The molecule has 0 unspecified atom stereocenters. The second-order valence-electron chi connectivity index (χ2n) is 8.44. The predicted octanol–water partition coefficient (Wildman–Crippen LogP) is 8.13. The highest BCUT2D eigenvalue weighted by Gasteiger charge is 2.15. The van der Waals surface area contributed by atoms with Gasteiger partial charge in [0.15, 0.2) is 0 Å². The van der Waals surface area contributed by atoms with Crippen molar-refractivity contribution >= 4 is 10.8 Å². The van der Waals surface area contributed by atoms with E-state index in [1.54, 1.807) is 12.3 Å². The number of ether oxygens (including phenoxy) is 1. The molecular formula is C32H22N2O2. The summed E-state index contributed by atoms with van der Waals surface area (Å²) in [4.78, 5) is 9.46. The van der Waals surface area contributed by atoms with Crippen molar-refractivity contribution in [3.63, 3.8) is 0 Å². The first-order valence-corrected chi connectivity index (χ1v) is 11.7. The van der Waals surface area contributed by atoms with E-state index in [9.17, 15) is 5.11 Å². The molecule has 0 saturated carbocycles. The molecule has 0 atom stereocenters. The summed E-state index contributed by atoms with van der Waals surface area (Å²) >= 11 is 0. The van der Waals surface area contributed by atoms with Crippen molar-refractivity contribution in [2.45, 2.75) is 0 Å². The maximum absolute atomic E-state index is 10.6. The van der Waals surface area contributed by atoms with E-state index in [2.05, 4.69) is 11.1 Å². The van der Waals surface area contributed by atoms with Gasteiger partial charge in [0, 0.05) is 28.3 Å². The highest BCUT2D eigenvalue weighted by molar-refractivity contribution is 5.87. The van der Waals surface area contributed by atoms with Gasteiger partial charge in [-0.1, -0.05) is 78.9 Å². The van der Waals surface area contributed by atoms with Crippen LogP contribution in [0.25, 0.3) is 44.4 Å². The summed E-state index contributed by atoms with van der Waals surface area (Å²) in [7, 11) is 0. The second-order valence-corrected chi connectivity index (χ2v) is 8.44. The first kappa shape index (κ1) is 21.6. The SMILES string of the molecule is Oc1ccccc1-c1nc(-c2cccc(Oc3nccc4ccccc34)c2)ccc1-c1ccccc1. The molecule has 0 fully saturated rings. The zero-order valence-electron chi connectivity index (χ0n) is 19.4. The Hall–Kier alpha value is -4.96. The normalized spacial score (nSPS) is 10.9. The van der Waals surface area contributed by atoms with Crippen molar-refractivity contribution in [1.82, 2.24) is 9.97 Å². The van der Waals surface area contributed by atoms with Crippen LogP contribution in [0.5, 0.6) is 17.4 Å². The molecule has 6 aromatic rings. The number of benzene rings is 4. The van der Waals surface area contributed by atoms with Gasteiger partial charge >= 0.3 is 0 Å². The minimum atomic E-state index is 0.193. The largest absolute Gasteiger partial charge is 0.507 e. The molecule has 0 aliphatic heterocycles. The van der Waals surface area contributed by atoms with Crippen LogP contribution in [0.2, 0.25) is 0 Å². The summed E-state index contributed by atoms with van der Waals surface area (Å²) in [6.07, 6.45) is 1.75. The topological polar surface area (TPSA) is 55.2 Å². The number of fused-ring (bicyclic) bond motifs is 1. The molecule has 0 spiro atoms. The first-order valence-electron chi connectivity index (χ1n) is 11.7. The zero-order chi connectivity index (χ0) is 24.3. The predicted molar refractivity (Wildman–Crippen MR) is 144 cm³/mol. The summed E-state index contributed by atoms with van der Waals surface area (Å²) in [5, 5.41) is 12.7. The number of nitrogens with zero attached hydrogens (tertiary/aromatic N) is 2. The number of phenolic OH excluding ortho intramolecular Hbond substituents is 1. The van der Waals surface area contributed by atoms with Crippen LogP contribution in [0.15, 0.2) is 128 Å². The number of pyridine rings is 2. The van der Waals surface area contributed by atoms with Crippen molar-refractivity contribution in [1.29, 1.82) is 0 Å². The first-order chi connectivity index (χ1) is 17.8. The van der Waals surface area contributed by atoms with Gasteiger partial charge in [-0.25, -0.2) is 9.97 Å². The molecule has 0 bridgehead atoms. The number of phenols is 1. The van der Waals surface area contributed by atoms with Gasteiger partial charge in [-0.2, -0.15) is 0 Å². The summed E-state index contributed by atoms with van der Waals surface area (Å²) < 4.78 is 6.20. The maximum Gasteiger partial charge on any atom is 0.227 e. The smallest absolute Gasteiger partial charge is 0.227 e. The van der Waals surface area contributed by atoms with Crippen molar-refractivity contribution in [3.8, 4) is 51.0 Å². The third-order valence-electron chi connectivity index (χ3n) is 6.12. The van der Waals surface area contributed by atoms with Crippen LogP contribution in [0, 0.1) is 0 Å². The van der Waals surface area contributed by atoms with E-state index >= 15 is 0 Å². The molecule has 4 nitrogen and oxygen atoms in total. The Balaban J connectivity index is 1.43. The van der Waals surface area contributed by atoms with Crippen LogP contribution in [0.1, 0.15) is 0 Å². The quantitative estimate of drug-likeness (QED) is 0.279. The van der Waals surface area contributed by atoms with Crippen LogP contribution in [-0.4, -0.2) is 15.1 Å². The van der Waals surface area contributed by atoms with Crippen LogP contribution >= 0.6 is 0 Å². The highest BCUT2D eigenvalue weighted by Crippen LogP contribution is 2.37. The average molecular weight is 467 g/mol. The number of hydrogen-bond donors (Lipinski definition) is 1. The molecule has 0 saturated heterocycles. The molecule has 0 amide bonds. The monoisotopic (exact) mass is 466 g/mol. The molecule has 0 aliphatic carbocycles. The average Bonchev–Trinajstić information content (AvgIpc) is 2.94. The Morgan fingerprint density at radius 3 is 2.28 bits per heavy atom. The van der Waals surface area contributed by atoms with E-state index in [1.807, 2.05) is 109 Å². The number of rotatable bonds is 5.